The zero-order chi connectivity index (χ0) is 42.1. The van der Waals surface area contributed by atoms with Crippen molar-refractivity contribution in [1.82, 2.24) is 25.3 Å². The Morgan fingerprint density at radius 3 is 2.33 bits per heavy atom. The van der Waals surface area contributed by atoms with E-state index in [9.17, 15) is 41.9 Å². The maximum atomic E-state index is 13.8. The van der Waals surface area contributed by atoms with Crippen molar-refractivity contribution in [1.29, 1.82) is 0 Å². The molecule has 2 saturated heterocycles. The SMILES string of the molecule is O=C1CCC(N2C(=O)c3ccc(NCC(=O)N4CCN(c5ccc(C(=O)Nc6n[nH]c7ccc(Cc8cc(F)cc(F)c8)cc67)c(NCCF)c5)CC4)cc3C2=O)C(=O)N1. The van der Waals surface area contributed by atoms with E-state index in [1.165, 1.54) is 24.3 Å². The number of anilines is 4. The average Bonchev–Trinajstić information content (AvgIpc) is 3.74. The highest BCUT2D eigenvalue weighted by Gasteiger charge is 2.44. The van der Waals surface area contributed by atoms with Gasteiger partial charge in [-0.3, -0.25) is 44.1 Å². The van der Waals surface area contributed by atoms with Crippen molar-refractivity contribution in [3.05, 3.63) is 112 Å². The summed E-state index contributed by atoms with van der Waals surface area (Å²) >= 11 is 0. The normalized spacial score (nSPS) is 16.6. The van der Waals surface area contributed by atoms with Crippen LogP contribution < -0.4 is 26.2 Å². The Kier molecular flexibility index (Phi) is 10.9. The van der Waals surface area contributed by atoms with E-state index >= 15 is 0 Å². The summed E-state index contributed by atoms with van der Waals surface area (Å²) in [5.41, 5.74) is 3.90. The second kappa shape index (κ2) is 16.6. The summed E-state index contributed by atoms with van der Waals surface area (Å²) in [4.78, 5) is 81.7. The number of nitrogens with zero attached hydrogens (tertiary/aromatic N) is 4. The molecule has 8 rings (SSSR count). The molecule has 0 aliphatic carbocycles. The van der Waals surface area contributed by atoms with Crippen LogP contribution in [-0.4, -0.2) is 107 Å². The van der Waals surface area contributed by atoms with Crippen LogP contribution in [-0.2, 0) is 20.8 Å². The minimum Gasteiger partial charge on any atom is -0.382 e. The van der Waals surface area contributed by atoms with Crippen LogP contribution in [0, 0.1) is 11.6 Å². The largest absolute Gasteiger partial charge is 0.382 e. The van der Waals surface area contributed by atoms with E-state index in [0.29, 0.717) is 54.0 Å². The molecule has 18 heteroatoms. The highest BCUT2D eigenvalue weighted by Crippen LogP contribution is 2.31. The lowest BCUT2D eigenvalue weighted by atomic mass is 10.0. The van der Waals surface area contributed by atoms with Crippen molar-refractivity contribution in [3.63, 3.8) is 0 Å². The number of benzene rings is 4. The topological polar surface area (TPSA) is 189 Å². The van der Waals surface area contributed by atoms with Gasteiger partial charge >= 0.3 is 0 Å². The van der Waals surface area contributed by atoms with Gasteiger partial charge in [0.25, 0.3) is 17.7 Å². The van der Waals surface area contributed by atoms with Gasteiger partial charge in [-0.2, -0.15) is 5.10 Å². The van der Waals surface area contributed by atoms with Crippen LogP contribution in [0.3, 0.4) is 0 Å². The smallest absolute Gasteiger partial charge is 0.262 e. The summed E-state index contributed by atoms with van der Waals surface area (Å²) in [6.07, 6.45) is 0.308. The molecule has 0 saturated carbocycles. The molecule has 0 radical (unpaired) electrons. The molecule has 5 aromatic rings. The number of alkyl halides is 1. The van der Waals surface area contributed by atoms with Crippen molar-refractivity contribution in [3.8, 4) is 0 Å². The van der Waals surface area contributed by atoms with Gasteiger partial charge in [0.2, 0.25) is 17.7 Å². The molecule has 308 valence electrons. The van der Waals surface area contributed by atoms with Gasteiger partial charge < -0.3 is 25.8 Å². The summed E-state index contributed by atoms with van der Waals surface area (Å²) < 4.78 is 40.9. The van der Waals surface area contributed by atoms with E-state index in [1.807, 2.05) is 4.90 Å². The highest BCUT2D eigenvalue weighted by atomic mass is 19.1. The van der Waals surface area contributed by atoms with E-state index in [2.05, 4.69) is 31.5 Å². The number of nitrogens with one attached hydrogen (secondary N) is 5. The molecule has 6 amide bonds. The van der Waals surface area contributed by atoms with Crippen molar-refractivity contribution in [2.45, 2.75) is 25.3 Å². The van der Waals surface area contributed by atoms with Crippen molar-refractivity contribution in [2.75, 3.05) is 66.8 Å². The molecule has 3 aliphatic heterocycles. The minimum absolute atomic E-state index is 0.0133. The zero-order valence-electron chi connectivity index (χ0n) is 31.9. The number of carbonyl (C=O) groups is 6. The van der Waals surface area contributed by atoms with Gasteiger partial charge in [-0.15, -0.1) is 0 Å². The van der Waals surface area contributed by atoms with Gasteiger partial charge in [0.15, 0.2) is 5.82 Å². The number of aromatic nitrogens is 2. The second-order valence-electron chi connectivity index (χ2n) is 14.6. The summed E-state index contributed by atoms with van der Waals surface area (Å²) in [6, 6.07) is 17.3. The van der Waals surface area contributed by atoms with E-state index < -0.39 is 53.9 Å². The zero-order valence-corrected chi connectivity index (χ0v) is 31.9. The highest BCUT2D eigenvalue weighted by molar-refractivity contribution is 6.23. The summed E-state index contributed by atoms with van der Waals surface area (Å²) in [6.45, 7) is 0.903. The molecular formula is C42H38F3N9O6. The predicted octanol–water partition coefficient (Wildman–Crippen LogP) is 4.23. The lowest BCUT2D eigenvalue weighted by Crippen LogP contribution is -2.54. The number of imide groups is 2. The Morgan fingerprint density at radius 2 is 1.58 bits per heavy atom. The van der Waals surface area contributed by atoms with E-state index in [4.69, 9.17) is 0 Å². The molecule has 60 heavy (non-hydrogen) atoms. The third-order valence-electron chi connectivity index (χ3n) is 10.7. The average molecular weight is 822 g/mol. The van der Waals surface area contributed by atoms with Crippen LogP contribution >= 0.6 is 0 Å². The number of hydrogen-bond donors (Lipinski definition) is 5. The van der Waals surface area contributed by atoms with Gasteiger partial charge in [0.1, 0.15) is 24.4 Å². The van der Waals surface area contributed by atoms with Crippen LogP contribution in [0.5, 0.6) is 0 Å². The molecule has 1 aromatic heterocycles. The Balaban J connectivity index is 0.880. The molecule has 0 bridgehead atoms. The summed E-state index contributed by atoms with van der Waals surface area (Å²) in [5, 5.41) is 18.7. The van der Waals surface area contributed by atoms with Crippen LogP contribution in [0.2, 0.25) is 0 Å². The predicted molar refractivity (Wildman–Crippen MR) is 215 cm³/mol. The monoisotopic (exact) mass is 821 g/mol. The van der Waals surface area contributed by atoms with E-state index in [-0.39, 0.29) is 60.8 Å². The van der Waals surface area contributed by atoms with Crippen LogP contribution in [0.4, 0.5) is 36.1 Å². The molecule has 0 spiro atoms. The van der Waals surface area contributed by atoms with Gasteiger partial charge in [0, 0.05) is 67.7 Å². The number of amides is 6. The number of hydrogen-bond acceptors (Lipinski definition) is 10. The Bertz CT molecular complexity index is 2550. The molecular weight excluding hydrogens is 784 g/mol. The third kappa shape index (κ3) is 8.07. The first-order valence-corrected chi connectivity index (χ1v) is 19.2. The van der Waals surface area contributed by atoms with Crippen LogP contribution in [0.25, 0.3) is 10.9 Å². The molecule has 2 fully saturated rings. The molecule has 4 heterocycles. The molecule has 5 N–H and O–H groups in total. The number of piperidine rings is 1. The van der Waals surface area contributed by atoms with Crippen molar-refractivity contribution < 1.29 is 41.9 Å². The number of rotatable bonds is 12. The van der Waals surface area contributed by atoms with Gasteiger partial charge in [-0.25, -0.2) is 13.2 Å². The minimum atomic E-state index is -1.08. The lowest BCUT2D eigenvalue weighted by molar-refractivity contribution is -0.136. The molecule has 1 atom stereocenters. The van der Waals surface area contributed by atoms with Crippen molar-refractivity contribution >= 4 is 69.2 Å². The van der Waals surface area contributed by atoms with Crippen molar-refractivity contribution in [2.24, 2.45) is 0 Å². The number of halogens is 3. The van der Waals surface area contributed by atoms with Crippen LogP contribution in [0.1, 0.15) is 55.0 Å². The standard InChI is InChI=1S/C42H38F3N9O6/c43-9-10-46-34-21-28(3-5-30(34)39(57)49-38-32-18-23(1-6-33(32)50-51-38)15-24-16-25(44)19-26(45)17-24)52-11-13-53(14-12-52)37(56)22-47-27-2-4-29-31(20-27)42(60)54(41(29)59)35-7-8-36(55)48-40(35)58/h1-6,16-21,35,46-47H,7-15,22H2,(H,48,55,58)(H2,49,50,51,57). The second-order valence-corrected chi connectivity index (χ2v) is 14.6. The molecule has 15 nitrogen and oxygen atoms in total. The number of aromatic amines is 1. The summed E-state index contributed by atoms with van der Waals surface area (Å²) in [5.74, 6) is -4.22. The molecule has 1 unspecified atom stereocenters. The first-order chi connectivity index (χ1) is 28.9. The van der Waals surface area contributed by atoms with Crippen LogP contribution in [0.15, 0.2) is 72.8 Å². The fraction of sp³-hybridized carbons (Fsp3) is 0.262. The fourth-order valence-electron chi connectivity index (χ4n) is 7.73. The lowest BCUT2D eigenvalue weighted by Gasteiger charge is -2.36. The van der Waals surface area contributed by atoms with Gasteiger partial charge in [0.05, 0.1) is 28.8 Å². The maximum absolute atomic E-state index is 13.8. The number of H-pyrrole nitrogens is 1. The first-order valence-electron chi connectivity index (χ1n) is 19.2. The number of carbonyl (C=O) groups excluding carboxylic acids is 6. The first kappa shape index (κ1) is 39.6. The Hall–Kier alpha value is -7.24. The Morgan fingerprint density at radius 1 is 0.817 bits per heavy atom. The maximum Gasteiger partial charge on any atom is 0.262 e. The van der Waals surface area contributed by atoms with Gasteiger partial charge in [-0.1, -0.05) is 6.07 Å². The molecule has 4 aromatic carbocycles. The third-order valence-corrected chi connectivity index (χ3v) is 10.7. The van der Waals surface area contributed by atoms with Gasteiger partial charge in [-0.05, 0) is 84.6 Å². The number of piperazine rings is 1. The van der Waals surface area contributed by atoms with E-state index in [1.54, 1.807) is 47.4 Å². The number of fused-ring (bicyclic) bond motifs is 2. The van der Waals surface area contributed by atoms with E-state index in [0.717, 1.165) is 22.2 Å². The fourth-order valence-corrected chi connectivity index (χ4v) is 7.73. The molecule has 3 aliphatic rings. The quantitative estimate of drug-likeness (QED) is 0.114. The Labute approximate surface area is 340 Å². The summed E-state index contributed by atoms with van der Waals surface area (Å²) in [7, 11) is 0.